The zero-order valence-electron chi connectivity index (χ0n) is 10.1. The maximum absolute atomic E-state index is 6.28. The Labute approximate surface area is 125 Å². The average Bonchev–Trinajstić information content (AvgIpc) is 2.69. The molecule has 5 heteroatoms. The van der Waals surface area contributed by atoms with Gasteiger partial charge in [-0.25, -0.2) is 0 Å². The monoisotopic (exact) mass is 308 g/mol. The molecular formula is C14H10Cl2N2S. The molecule has 2 aromatic carbocycles. The summed E-state index contributed by atoms with van der Waals surface area (Å²) in [6, 6.07) is 11.6. The van der Waals surface area contributed by atoms with Crippen molar-refractivity contribution in [1.29, 1.82) is 0 Å². The third kappa shape index (κ3) is 2.08. The van der Waals surface area contributed by atoms with Gasteiger partial charge >= 0.3 is 0 Å². The summed E-state index contributed by atoms with van der Waals surface area (Å²) < 4.78 is 2.51. The van der Waals surface area contributed by atoms with E-state index in [1.165, 1.54) is 0 Å². The minimum atomic E-state index is 0.502. The van der Waals surface area contributed by atoms with E-state index in [1.807, 2.05) is 35.8 Å². The first-order chi connectivity index (χ1) is 9.08. The predicted molar refractivity (Wildman–Crippen MR) is 83.2 cm³/mol. The highest BCUT2D eigenvalue weighted by Crippen LogP contribution is 2.31. The van der Waals surface area contributed by atoms with Gasteiger partial charge in [0.25, 0.3) is 0 Å². The fourth-order valence-electron chi connectivity index (χ4n) is 2.12. The van der Waals surface area contributed by atoms with Gasteiger partial charge in [0.15, 0.2) is 4.77 Å². The zero-order valence-corrected chi connectivity index (χ0v) is 12.4. The van der Waals surface area contributed by atoms with E-state index in [0.717, 1.165) is 22.3 Å². The molecule has 0 radical (unpaired) electrons. The van der Waals surface area contributed by atoms with E-state index in [-0.39, 0.29) is 0 Å². The number of rotatable bonds is 1. The van der Waals surface area contributed by atoms with Gasteiger partial charge in [0.2, 0.25) is 0 Å². The molecule has 0 spiro atoms. The van der Waals surface area contributed by atoms with Crippen LogP contribution in [-0.4, -0.2) is 9.55 Å². The number of H-pyrrole nitrogens is 1. The summed E-state index contributed by atoms with van der Waals surface area (Å²) in [4.78, 5) is 3.18. The molecule has 0 aliphatic rings. The van der Waals surface area contributed by atoms with Crippen molar-refractivity contribution < 1.29 is 0 Å². The number of imidazole rings is 1. The minimum absolute atomic E-state index is 0.502. The van der Waals surface area contributed by atoms with Gasteiger partial charge in [-0.1, -0.05) is 35.3 Å². The first-order valence-electron chi connectivity index (χ1n) is 5.73. The molecule has 0 unspecified atom stereocenters. The molecule has 19 heavy (non-hydrogen) atoms. The molecule has 0 fully saturated rings. The summed E-state index contributed by atoms with van der Waals surface area (Å²) in [5, 5.41) is 1.02. The van der Waals surface area contributed by atoms with E-state index in [9.17, 15) is 0 Å². The lowest BCUT2D eigenvalue weighted by Crippen LogP contribution is -1.95. The number of benzene rings is 2. The lowest BCUT2D eigenvalue weighted by molar-refractivity contribution is 1.06. The molecule has 0 saturated heterocycles. The predicted octanol–water partition coefficient (Wildman–Crippen LogP) is 5.30. The maximum Gasteiger partial charge on any atom is 0.182 e. The van der Waals surface area contributed by atoms with Gasteiger partial charge in [-0.3, -0.25) is 4.57 Å². The van der Waals surface area contributed by atoms with E-state index in [2.05, 4.69) is 11.1 Å². The molecule has 0 amide bonds. The van der Waals surface area contributed by atoms with Gasteiger partial charge in [-0.15, -0.1) is 0 Å². The van der Waals surface area contributed by atoms with Crippen molar-refractivity contribution in [1.82, 2.24) is 9.55 Å². The van der Waals surface area contributed by atoms with E-state index < -0.39 is 0 Å². The first kappa shape index (κ1) is 12.7. The molecular weight excluding hydrogens is 299 g/mol. The third-order valence-electron chi connectivity index (χ3n) is 3.01. The molecule has 0 saturated carbocycles. The normalized spacial score (nSPS) is 11.1. The fourth-order valence-corrected chi connectivity index (χ4v) is 2.80. The fraction of sp³-hybridized carbons (Fsp3) is 0.0714. The van der Waals surface area contributed by atoms with Crippen molar-refractivity contribution in [3.63, 3.8) is 0 Å². The highest BCUT2D eigenvalue weighted by atomic mass is 35.5. The van der Waals surface area contributed by atoms with Crippen LogP contribution in [0.5, 0.6) is 0 Å². The maximum atomic E-state index is 6.28. The van der Waals surface area contributed by atoms with E-state index in [0.29, 0.717) is 14.8 Å². The summed E-state index contributed by atoms with van der Waals surface area (Å²) in [6.07, 6.45) is 0. The Bertz CT molecular complexity index is 833. The van der Waals surface area contributed by atoms with E-state index >= 15 is 0 Å². The van der Waals surface area contributed by atoms with Crippen molar-refractivity contribution in [2.24, 2.45) is 0 Å². The van der Waals surface area contributed by atoms with Crippen LogP contribution in [0.15, 0.2) is 36.4 Å². The van der Waals surface area contributed by atoms with Crippen LogP contribution in [0.25, 0.3) is 16.7 Å². The largest absolute Gasteiger partial charge is 0.330 e. The van der Waals surface area contributed by atoms with Crippen LogP contribution in [0.2, 0.25) is 10.0 Å². The van der Waals surface area contributed by atoms with Gasteiger partial charge < -0.3 is 4.98 Å². The Hall–Kier alpha value is -1.29. The Balaban J connectivity index is 2.42. The number of hydrogen-bond donors (Lipinski definition) is 1. The molecule has 0 aliphatic carbocycles. The Morgan fingerprint density at radius 2 is 1.95 bits per heavy atom. The smallest absolute Gasteiger partial charge is 0.182 e. The number of nitrogens with zero attached hydrogens (tertiary/aromatic N) is 1. The van der Waals surface area contributed by atoms with Crippen LogP contribution in [-0.2, 0) is 0 Å². The van der Waals surface area contributed by atoms with Crippen LogP contribution < -0.4 is 0 Å². The Kier molecular flexibility index (Phi) is 3.13. The summed E-state index contributed by atoms with van der Waals surface area (Å²) in [7, 11) is 0. The van der Waals surface area contributed by atoms with Gasteiger partial charge in [-0.05, 0) is 49.0 Å². The number of fused-ring (bicyclic) bond motifs is 1. The second-order valence-corrected chi connectivity index (χ2v) is 5.53. The van der Waals surface area contributed by atoms with Gasteiger partial charge in [0.1, 0.15) is 0 Å². The van der Waals surface area contributed by atoms with Gasteiger partial charge in [-0.2, -0.15) is 0 Å². The topological polar surface area (TPSA) is 20.7 Å². The summed E-state index contributed by atoms with van der Waals surface area (Å²) in [5.74, 6) is 0. The van der Waals surface area contributed by atoms with Crippen molar-refractivity contribution in [3.8, 4) is 5.69 Å². The van der Waals surface area contributed by atoms with Gasteiger partial charge in [0.05, 0.1) is 26.8 Å². The van der Waals surface area contributed by atoms with Crippen molar-refractivity contribution in [2.75, 3.05) is 0 Å². The Morgan fingerprint density at radius 1 is 1.16 bits per heavy atom. The summed E-state index contributed by atoms with van der Waals surface area (Å²) in [6.45, 7) is 2.04. The van der Waals surface area contributed by atoms with Crippen LogP contribution in [0.4, 0.5) is 0 Å². The number of halogens is 2. The number of aromatic amines is 1. The molecule has 0 atom stereocenters. The molecule has 0 bridgehead atoms. The number of aryl methyl sites for hydroxylation is 1. The highest BCUT2D eigenvalue weighted by Gasteiger charge is 2.11. The third-order valence-corrected chi connectivity index (χ3v) is 4.10. The second-order valence-electron chi connectivity index (χ2n) is 4.36. The van der Waals surface area contributed by atoms with Gasteiger partial charge in [0, 0.05) is 0 Å². The van der Waals surface area contributed by atoms with Crippen LogP contribution in [0.3, 0.4) is 0 Å². The van der Waals surface area contributed by atoms with Crippen LogP contribution in [0, 0.1) is 11.7 Å². The summed E-state index contributed by atoms with van der Waals surface area (Å²) >= 11 is 17.7. The van der Waals surface area contributed by atoms with Crippen LogP contribution in [0.1, 0.15) is 5.56 Å². The molecule has 3 aromatic rings. The standard InChI is InChI=1S/C14H10Cl2N2S/c1-8-5-6-10-12(7-8)18(14(19)17-10)11-4-2-3-9(15)13(11)16/h2-7H,1H3,(H,17,19). The zero-order chi connectivity index (χ0) is 13.6. The minimum Gasteiger partial charge on any atom is -0.330 e. The molecule has 0 aliphatic heterocycles. The number of nitrogens with one attached hydrogen (secondary N) is 1. The van der Waals surface area contributed by atoms with Crippen molar-refractivity contribution in [2.45, 2.75) is 6.92 Å². The molecule has 96 valence electrons. The summed E-state index contributed by atoms with van der Waals surface area (Å²) in [5.41, 5.74) is 3.92. The number of aromatic nitrogens is 2. The second kappa shape index (κ2) is 4.67. The molecule has 1 aromatic heterocycles. The van der Waals surface area contributed by atoms with Crippen molar-refractivity contribution >= 4 is 46.5 Å². The SMILES string of the molecule is Cc1ccc2[nH]c(=S)n(-c3cccc(Cl)c3Cl)c2c1. The highest BCUT2D eigenvalue weighted by molar-refractivity contribution is 7.71. The molecule has 3 rings (SSSR count). The molecule has 1 heterocycles. The first-order valence-corrected chi connectivity index (χ1v) is 6.90. The molecule has 2 nitrogen and oxygen atoms in total. The lowest BCUT2D eigenvalue weighted by atomic mass is 10.2. The van der Waals surface area contributed by atoms with E-state index in [4.69, 9.17) is 35.4 Å². The van der Waals surface area contributed by atoms with Crippen molar-refractivity contribution in [3.05, 3.63) is 56.8 Å². The lowest BCUT2D eigenvalue weighted by Gasteiger charge is -2.08. The molecule has 1 N–H and O–H groups in total. The average molecular weight is 309 g/mol. The number of hydrogen-bond acceptors (Lipinski definition) is 1. The van der Waals surface area contributed by atoms with Crippen LogP contribution >= 0.6 is 35.4 Å². The van der Waals surface area contributed by atoms with E-state index in [1.54, 1.807) is 6.07 Å². The Morgan fingerprint density at radius 3 is 2.74 bits per heavy atom. The quantitative estimate of drug-likeness (QED) is 0.605.